The van der Waals surface area contributed by atoms with E-state index in [1.807, 2.05) is 0 Å². The van der Waals surface area contributed by atoms with Gasteiger partial charge >= 0.3 is 0 Å². The topological polar surface area (TPSA) is 26.3 Å². The Kier molecular flexibility index (Phi) is 2.02. The van der Waals surface area contributed by atoms with Crippen molar-refractivity contribution in [2.75, 3.05) is 7.11 Å². The summed E-state index contributed by atoms with van der Waals surface area (Å²) in [4.78, 5) is 11.5. The fourth-order valence-electron chi connectivity index (χ4n) is 1.34. The summed E-state index contributed by atoms with van der Waals surface area (Å²) < 4.78 is 18.3. The fourth-order valence-corrected chi connectivity index (χ4v) is 1.34. The van der Waals surface area contributed by atoms with Gasteiger partial charge in [0.15, 0.2) is 11.5 Å². The Balaban J connectivity index is 2.20. The summed E-state index contributed by atoms with van der Waals surface area (Å²) in [5.74, 6) is 0.269. The van der Waals surface area contributed by atoms with Crippen molar-refractivity contribution in [3.05, 3.63) is 29.8 Å². The second-order valence-electron chi connectivity index (χ2n) is 3.52. The quantitative estimate of drug-likeness (QED) is 0.690. The molecule has 74 valence electrons. The molecule has 0 unspecified atom stereocenters. The van der Waals surface area contributed by atoms with Gasteiger partial charge < -0.3 is 4.74 Å². The number of ether oxygens (including phenoxy) is 1. The van der Waals surface area contributed by atoms with Gasteiger partial charge in [-0.3, -0.25) is 4.79 Å². The van der Waals surface area contributed by atoms with Crippen LogP contribution in [-0.2, 0) is 0 Å². The summed E-state index contributed by atoms with van der Waals surface area (Å²) >= 11 is 0. The number of hydrogen-bond acceptors (Lipinski definition) is 2. The minimum Gasteiger partial charge on any atom is -0.497 e. The average Bonchev–Trinajstić information content (AvgIpc) is 2.97. The van der Waals surface area contributed by atoms with E-state index in [0.29, 0.717) is 24.2 Å². The minimum atomic E-state index is -1.57. The molecule has 1 saturated carbocycles. The Morgan fingerprint density at radius 2 is 1.93 bits per heavy atom. The molecule has 2 nitrogen and oxygen atoms in total. The number of ketones is 1. The van der Waals surface area contributed by atoms with Crippen LogP contribution in [0.25, 0.3) is 0 Å². The lowest BCUT2D eigenvalue weighted by atomic mass is 10.1. The predicted octanol–water partition coefficient (Wildman–Crippen LogP) is 2.38. The van der Waals surface area contributed by atoms with Crippen molar-refractivity contribution in [1.82, 2.24) is 0 Å². The highest BCUT2D eigenvalue weighted by Gasteiger charge is 2.50. The van der Waals surface area contributed by atoms with Crippen LogP contribution < -0.4 is 4.74 Å². The lowest BCUT2D eigenvalue weighted by Crippen LogP contribution is -2.16. The number of carbonyl (C=O) groups is 1. The third kappa shape index (κ3) is 1.50. The van der Waals surface area contributed by atoms with Crippen LogP contribution in [0.15, 0.2) is 24.3 Å². The van der Waals surface area contributed by atoms with Gasteiger partial charge in [0.25, 0.3) is 0 Å². The molecule has 3 heteroatoms. The van der Waals surface area contributed by atoms with Gasteiger partial charge in [0.2, 0.25) is 0 Å². The molecule has 0 aromatic heterocycles. The van der Waals surface area contributed by atoms with E-state index in [9.17, 15) is 9.18 Å². The van der Waals surface area contributed by atoms with Crippen LogP contribution in [0.3, 0.4) is 0 Å². The van der Waals surface area contributed by atoms with Crippen molar-refractivity contribution in [3.8, 4) is 5.75 Å². The molecule has 1 fully saturated rings. The lowest BCUT2D eigenvalue weighted by Gasteiger charge is -2.04. The molecule has 0 bridgehead atoms. The van der Waals surface area contributed by atoms with Crippen LogP contribution in [0.4, 0.5) is 4.39 Å². The highest BCUT2D eigenvalue weighted by atomic mass is 19.1. The van der Waals surface area contributed by atoms with E-state index in [1.54, 1.807) is 31.4 Å². The van der Waals surface area contributed by atoms with Gasteiger partial charge in [0.1, 0.15) is 5.75 Å². The van der Waals surface area contributed by atoms with Gasteiger partial charge in [-0.2, -0.15) is 0 Å². The first-order chi connectivity index (χ1) is 6.65. The first-order valence-corrected chi connectivity index (χ1v) is 4.53. The van der Waals surface area contributed by atoms with Crippen molar-refractivity contribution in [2.24, 2.45) is 0 Å². The first kappa shape index (κ1) is 9.19. The van der Waals surface area contributed by atoms with Gasteiger partial charge in [-0.1, -0.05) is 0 Å². The molecule has 0 atom stereocenters. The molecule has 14 heavy (non-hydrogen) atoms. The number of alkyl halides is 1. The van der Waals surface area contributed by atoms with Crippen LogP contribution >= 0.6 is 0 Å². The van der Waals surface area contributed by atoms with Crippen LogP contribution in [-0.4, -0.2) is 18.6 Å². The van der Waals surface area contributed by atoms with E-state index in [4.69, 9.17) is 4.74 Å². The predicted molar refractivity (Wildman–Crippen MR) is 50.4 cm³/mol. The SMILES string of the molecule is COc1ccc(C(=O)C2(F)CC2)cc1. The minimum absolute atomic E-state index is 0.359. The summed E-state index contributed by atoms with van der Waals surface area (Å²) in [5, 5.41) is 0. The second-order valence-corrected chi connectivity index (χ2v) is 3.52. The highest BCUT2D eigenvalue weighted by Crippen LogP contribution is 2.42. The number of carbonyl (C=O) groups excluding carboxylic acids is 1. The summed E-state index contributed by atoms with van der Waals surface area (Å²) in [7, 11) is 1.55. The number of benzene rings is 1. The summed E-state index contributed by atoms with van der Waals surface area (Å²) in [5.41, 5.74) is -1.15. The molecule has 0 N–H and O–H groups in total. The maximum atomic E-state index is 13.4. The maximum Gasteiger partial charge on any atom is 0.199 e. The summed E-state index contributed by atoms with van der Waals surface area (Å²) in [6.07, 6.45) is 0.718. The molecule has 1 aliphatic rings. The van der Waals surface area contributed by atoms with Crippen LogP contribution in [0.5, 0.6) is 5.75 Å². The van der Waals surface area contributed by atoms with E-state index in [2.05, 4.69) is 0 Å². The van der Waals surface area contributed by atoms with Crippen molar-refractivity contribution < 1.29 is 13.9 Å². The molecule has 0 spiro atoms. The second kappa shape index (κ2) is 3.08. The van der Waals surface area contributed by atoms with E-state index < -0.39 is 11.5 Å². The Labute approximate surface area is 81.7 Å². The number of hydrogen-bond donors (Lipinski definition) is 0. The van der Waals surface area contributed by atoms with Crippen molar-refractivity contribution >= 4 is 5.78 Å². The van der Waals surface area contributed by atoms with E-state index in [1.165, 1.54) is 0 Å². The van der Waals surface area contributed by atoms with Gasteiger partial charge in [-0.05, 0) is 37.1 Å². The molecular formula is C11H11FO2. The highest BCUT2D eigenvalue weighted by molar-refractivity contribution is 6.04. The number of Topliss-reactive ketones (excluding diaryl/α,β-unsaturated/α-hetero) is 1. The fraction of sp³-hybridized carbons (Fsp3) is 0.364. The first-order valence-electron chi connectivity index (χ1n) is 4.53. The van der Waals surface area contributed by atoms with Gasteiger partial charge in [-0.15, -0.1) is 0 Å². The monoisotopic (exact) mass is 194 g/mol. The molecule has 1 aliphatic carbocycles. The molecule has 0 aliphatic heterocycles. The molecular weight excluding hydrogens is 183 g/mol. The van der Waals surface area contributed by atoms with Crippen molar-refractivity contribution in [2.45, 2.75) is 18.5 Å². The van der Waals surface area contributed by atoms with E-state index in [0.717, 1.165) is 0 Å². The van der Waals surface area contributed by atoms with Crippen LogP contribution in [0.2, 0.25) is 0 Å². The average molecular weight is 194 g/mol. The molecule has 1 aromatic carbocycles. The standard InChI is InChI=1S/C11H11FO2/c1-14-9-4-2-8(3-5-9)10(13)11(12)6-7-11/h2-5H,6-7H2,1H3. The largest absolute Gasteiger partial charge is 0.497 e. The molecule has 2 rings (SSSR count). The molecule has 0 amide bonds. The van der Waals surface area contributed by atoms with E-state index in [-0.39, 0.29) is 0 Å². The Morgan fingerprint density at radius 1 is 1.36 bits per heavy atom. The zero-order valence-corrected chi connectivity index (χ0v) is 7.92. The summed E-state index contributed by atoms with van der Waals surface area (Å²) in [6.45, 7) is 0. The molecule has 0 saturated heterocycles. The van der Waals surface area contributed by atoms with Gasteiger partial charge in [-0.25, -0.2) is 4.39 Å². The van der Waals surface area contributed by atoms with Gasteiger partial charge in [0, 0.05) is 5.56 Å². The zero-order valence-electron chi connectivity index (χ0n) is 7.92. The molecule has 1 aromatic rings. The zero-order chi connectivity index (χ0) is 10.2. The van der Waals surface area contributed by atoms with Crippen molar-refractivity contribution in [1.29, 1.82) is 0 Å². The number of halogens is 1. The van der Waals surface area contributed by atoms with Gasteiger partial charge in [0.05, 0.1) is 7.11 Å². The lowest BCUT2D eigenvalue weighted by molar-refractivity contribution is 0.0850. The Hall–Kier alpha value is -1.38. The normalized spacial score (nSPS) is 17.6. The van der Waals surface area contributed by atoms with Crippen LogP contribution in [0, 0.1) is 0 Å². The smallest absolute Gasteiger partial charge is 0.199 e. The molecule has 0 radical (unpaired) electrons. The maximum absolute atomic E-state index is 13.4. The number of rotatable bonds is 3. The Morgan fingerprint density at radius 3 is 2.36 bits per heavy atom. The van der Waals surface area contributed by atoms with Crippen LogP contribution in [0.1, 0.15) is 23.2 Å². The number of methoxy groups -OCH3 is 1. The molecule has 0 heterocycles. The third-order valence-corrected chi connectivity index (χ3v) is 2.45. The summed E-state index contributed by atoms with van der Waals surface area (Å²) in [6, 6.07) is 6.53. The Bertz CT molecular complexity index is 352. The van der Waals surface area contributed by atoms with E-state index >= 15 is 0 Å². The third-order valence-electron chi connectivity index (χ3n) is 2.45. The van der Waals surface area contributed by atoms with Crippen molar-refractivity contribution in [3.63, 3.8) is 0 Å².